The van der Waals surface area contributed by atoms with Gasteiger partial charge in [0, 0.05) is 23.1 Å². The lowest BCUT2D eigenvalue weighted by atomic mass is 10.1. The Hall–Kier alpha value is -4.07. The highest BCUT2D eigenvalue weighted by Gasteiger charge is 2.29. The summed E-state index contributed by atoms with van der Waals surface area (Å²) in [5.74, 6) is 16.2. The van der Waals surface area contributed by atoms with Crippen LogP contribution in [0.5, 0.6) is 0 Å². The maximum absolute atomic E-state index is 12.6. The summed E-state index contributed by atoms with van der Waals surface area (Å²) in [6.07, 6.45) is 2.37. The van der Waals surface area contributed by atoms with Gasteiger partial charge in [-0.25, -0.2) is 10.6 Å². The summed E-state index contributed by atoms with van der Waals surface area (Å²) in [7, 11) is 1.21. The highest BCUT2D eigenvalue weighted by molar-refractivity contribution is 5.97. The van der Waals surface area contributed by atoms with Crippen molar-refractivity contribution in [3.8, 4) is 23.7 Å². The Morgan fingerprint density at radius 1 is 1.03 bits per heavy atom. The molecule has 0 heterocycles. The van der Waals surface area contributed by atoms with Gasteiger partial charge in [-0.1, -0.05) is 30.0 Å². The molecule has 0 saturated heterocycles. The van der Waals surface area contributed by atoms with Crippen molar-refractivity contribution in [2.24, 2.45) is 11.8 Å². The first-order valence-corrected chi connectivity index (χ1v) is 10.6. The fraction of sp³-hybridized carbons (Fsp3) is 0.269. The maximum Gasteiger partial charge on any atom is 0.330 e. The van der Waals surface area contributed by atoms with Gasteiger partial charge in [0.15, 0.2) is 0 Å². The zero-order valence-corrected chi connectivity index (χ0v) is 18.3. The van der Waals surface area contributed by atoms with E-state index in [1.54, 1.807) is 24.3 Å². The van der Waals surface area contributed by atoms with Gasteiger partial charge in [0.1, 0.15) is 6.04 Å². The molecular weight excluding hydrogens is 418 g/mol. The summed E-state index contributed by atoms with van der Waals surface area (Å²) in [6.45, 7) is -0.173. The predicted octanol–water partition coefficient (Wildman–Crippen LogP) is 1.86. The Labute approximate surface area is 193 Å². The SMILES string of the molecule is COC(=O)C(CN(N)C(=O)CC1CC1)NC(=O)c1ccc(C#CC#Cc2ccccc2)cc1. The molecule has 33 heavy (non-hydrogen) atoms. The first-order valence-electron chi connectivity index (χ1n) is 10.6. The number of carbonyl (C=O) groups excluding carboxylic acids is 3. The molecule has 0 spiro atoms. The Morgan fingerprint density at radius 2 is 1.64 bits per heavy atom. The van der Waals surface area contributed by atoms with Crippen molar-refractivity contribution in [1.29, 1.82) is 0 Å². The highest BCUT2D eigenvalue weighted by Crippen LogP contribution is 2.32. The standard InChI is InChI=1S/C26H25N3O4/c1-33-26(32)23(18-29(27)24(30)17-21-11-12-21)28-25(31)22-15-13-20(14-16-22)10-6-5-9-19-7-3-2-4-8-19/h2-4,7-8,13-16,21,23H,11-12,17-18,27H2,1H3,(H,28,31). The topological polar surface area (TPSA) is 102 Å². The fourth-order valence-electron chi connectivity index (χ4n) is 2.98. The molecule has 168 valence electrons. The second-order valence-electron chi connectivity index (χ2n) is 7.69. The van der Waals surface area contributed by atoms with E-state index in [1.807, 2.05) is 30.3 Å². The molecule has 2 aromatic rings. The van der Waals surface area contributed by atoms with Crippen LogP contribution in [0, 0.1) is 29.6 Å². The number of hydrogen-bond donors (Lipinski definition) is 2. The lowest BCUT2D eigenvalue weighted by Crippen LogP contribution is -2.52. The van der Waals surface area contributed by atoms with E-state index < -0.39 is 17.9 Å². The molecule has 7 heteroatoms. The number of rotatable bonds is 7. The van der Waals surface area contributed by atoms with Gasteiger partial charge in [0.05, 0.1) is 13.7 Å². The Bertz CT molecular complexity index is 1120. The van der Waals surface area contributed by atoms with Gasteiger partial charge >= 0.3 is 5.97 Å². The number of nitrogens with zero attached hydrogens (tertiary/aromatic N) is 1. The molecule has 3 N–H and O–H groups in total. The normalized spacial score (nSPS) is 12.8. The van der Waals surface area contributed by atoms with Crippen molar-refractivity contribution in [3.63, 3.8) is 0 Å². The van der Waals surface area contributed by atoms with Gasteiger partial charge in [0.2, 0.25) is 5.91 Å². The summed E-state index contributed by atoms with van der Waals surface area (Å²) in [5.41, 5.74) is 1.90. The summed E-state index contributed by atoms with van der Waals surface area (Å²) in [4.78, 5) is 36.9. The molecule has 0 radical (unpaired) electrons. The molecule has 1 aliphatic rings. The minimum Gasteiger partial charge on any atom is -0.467 e. The smallest absolute Gasteiger partial charge is 0.330 e. The number of nitrogens with one attached hydrogen (secondary N) is 1. The number of amides is 2. The van der Waals surface area contributed by atoms with Gasteiger partial charge in [-0.3, -0.25) is 14.6 Å². The first kappa shape index (κ1) is 23.6. The van der Waals surface area contributed by atoms with Gasteiger partial charge < -0.3 is 10.1 Å². The Balaban J connectivity index is 1.59. The number of hydrogen-bond acceptors (Lipinski definition) is 5. The monoisotopic (exact) mass is 443 g/mol. The van der Waals surface area contributed by atoms with Crippen LogP contribution in [0.1, 0.15) is 40.7 Å². The van der Waals surface area contributed by atoms with Crippen molar-refractivity contribution in [3.05, 3.63) is 71.3 Å². The second-order valence-corrected chi connectivity index (χ2v) is 7.69. The molecule has 1 atom stereocenters. The van der Waals surface area contributed by atoms with Gasteiger partial charge in [-0.05, 0) is 67.0 Å². The van der Waals surface area contributed by atoms with Gasteiger partial charge in [-0.15, -0.1) is 0 Å². The van der Waals surface area contributed by atoms with Crippen LogP contribution in [0.2, 0.25) is 0 Å². The van der Waals surface area contributed by atoms with E-state index in [2.05, 4.69) is 29.0 Å². The van der Waals surface area contributed by atoms with E-state index in [-0.39, 0.29) is 12.5 Å². The van der Waals surface area contributed by atoms with Crippen molar-refractivity contribution in [1.82, 2.24) is 10.3 Å². The highest BCUT2D eigenvalue weighted by atomic mass is 16.5. The van der Waals surface area contributed by atoms with E-state index in [1.165, 1.54) is 7.11 Å². The van der Waals surface area contributed by atoms with Crippen LogP contribution in [0.15, 0.2) is 54.6 Å². The summed E-state index contributed by atoms with van der Waals surface area (Å²) in [5, 5.41) is 3.55. The number of carbonyl (C=O) groups is 3. The quantitative estimate of drug-likeness (QED) is 0.224. The predicted molar refractivity (Wildman–Crippen MR) is 123 cm³/mol. The molecule has 2 aromatic carbocycles. The zero-order valence-electron chi connectivity index (χ0n) is 18.3. The molecule has 7 nitrogen and oxygen atoms in total. The van der Waals surface area contributed by atoms with Crippen LogP contribution in [0.4, 0.5) is 0 Å². The maximum atomic E-state index is 12.6. The van der Waals surface area contributed by atoms with Crippen molar-refractivity contribution < 1.29 is 19.1 Å². The number of esters is 1. The average Bonchev–Trinajstić information content (AvgIpc) is 3.65. The molecule has 1 unspecified atom stereocenters. The fourth-order valence-corrected chi connectivity index (χ4v) is 2.98. The van der Waals surface area contributed by atoms with E-state index in [9.17, 15) is 14.4 Å². The van der Waals surface area contributed by atoms with Crippen LogP contribution >= 0.6 is 0 Å². The largest absolute Gasteiger partial charge is 0.467 e. The third-order valence-corrected chi connectivity index (χ3v) is 5.05. The lowest BCUT2D eigenvalue weighted by molar-refractivity contribution is -0.144. The van der Waals surface area contributed by atoms with E-state index in [0.29, 0.717) is 23.5 Å². The number of ether oxygens (including phenoxy) is 1. The second kappa shape index (κ2) is 11.5. The Kier molecular flexibility index (Phi) is 8.24. The third-order valence-electron chi connectivity index (χ3n) is 5.05. The van der Waals surface area contributed by atoms with Gasteiger partial charge in [0.25, 0.3) is 5.91 Å². The molecule has 1 aliphatic carbocycles. The van der Waals surface area contributed by atoms with Crippen LogP contribution in [-0.2, 0) is 14.3 Å². The number of nitrogens with two attached hydrogens (primary N) is 1. The number of hydrazine groups is 1. The molecule has 2 amide bonds. The van der Waals surface area contributed by atoms with Crippen LogP contribution in [0.3, 0.4) is 0 Å². The van der Waals surface area contributed by atoms with Crippen molar-refractivity contribution >= 4 is 17.8 Å². The van der Waals surface area contributed by atoms with Crippen LogP contribution in [0.25, 0.3) is 0 Å². The van der Waals surface area contributed by atoms with Crippen molar-refractivity contribution in [2.75, 3.05) is 13.7 Å². The summed E-state index contributed by atoms with van der Waals surface area (Å²) >= 11 is 0. The molecule has 1 saturated carbocycles. The lowest BCUT2D eigenvalue weighted by Gasteiger charge is -2.23. The molecule has 0 aliphatic heterocycles. The first-order chi connectivity index (χ1) is 16.0. The van der Waals surface area contributed by atoms with E-state index in [0.717, 1.165) is 23.4 Å². The molecular formula is C26H25N3O4. The molecule has 0 bridgehead atoms. The Morgan fingerprint density at radius 3 is 2.21 bits per heavy atom. The van der Waals surface area contributed by atoms with E-state index >= 15 is 0 Å². The molecule has 3 rings (SSSR count). The minimum absolute atomic E-state index is 0.173. The molecule has 0 aromatic heterocycles. The van der Waals surface area contributed by atoms with Gasteiger partial charge in [-0.2, -0.15) is 0 Å². The zero-order chi connectivity index (χ0) is 23.6. The number of methoxy groups -OCH3 is 1. The third kappa shape index (κ3) is 7.53. The number of benzene rings is 2. The van der Waals surface area contributed by atoms with E-state index in [4.69, 9.17) is 10.6 Å². The van der Waals surface area contributed by atoms with Crippen LogP contribution < -0.4 is 11.2 Å². The summed E-state index contributed by atoms with van der Waals surface area (Å²) < 4.78 is 4.75. The molecule has 1 fully saturated rings. The average molecular weight is 444 g/mol. The van der Waals surface area contributed by atoms with Crippen molar-refractivity contribution in [2.45, 2.75) is 25.3 Å². The van der Waals surface area contributed by atoms with Crippen LogP contribution in [-0.4, -0.2) is 42.5 Å². The minimum atomic E-state index is -1.08. The summed E-state index contributed by atoms with van der Waals surface area (Å²) in [6, 6.07) is 15.0.